The van der Waals surface area contributed by atoms with Crippen LogP contribution in [0, 0.1) is 18.3 Å². The van der Waals surface area contributed by atoms with Crippen LogP contribution in [-0.4, -0.2) is 36.8 Å². The van der Waals surface area contributed by atoms with Crippen LogP contribution in [0.25, 0.3) is 22.3 Å². The molecule has 3 aromatic rings. The Morgan fingerprint density at radius 2 is 1.94 bits per heavy atom. The van der Waals surface area contributed by atoms with Crippen LogP contribution in [-0.2, 0) is 10.0 Å². The molecule has 1 atom stereocenters. The Morgan fingerprint density at radius 3 is 2.44 bits per heavy atom. The van der Waals surface area contributed by atoms with Crippen molar-refractivity contribution in [2.75, 3.05) is 0 Å². The van der Waals surface area contributed by atoms with Gasteiger partial charge in [-0.2, -0.15) is 31.9 Å². The molecule has 0 amide bonds. The molecule has 1 aliphatic carbocycles. The Morgan fingerprint density at radius 1 is 1.25 bits per heavy atom. The molecule has 7 nitrogen and oxygen atoms in total. The Balaban J connectivity index is 1.83. The van der Waals surface area contributed by atoms with E-state index in [0.29, 0.717) is 29.1 Å². The van der Waals surface area contributed by atoms with Crippen LogP contribution >= 0.6 is 0 Å². The van der Waals surface area contributed by atoms with Gasteiger partial charge in [0.05, 0.1) is 22.5 Å². The highest BCUT2D eigenvalue weighted by atomic mass is 32.2. The number of aryl methyl sites for hydroxylation is 1. The van der Waals surface area contributed by atoms with Crippen molar-refractivity contribution < 1.29 is 35.1 Å². The summed E-state index contributed by atoms with van der Waals surface area (Å²) in [7, 11) is -4.52. The van der Waals surface area contributed by atoms with Crippen LogP contribution in [0.2, 0.25) is 0 Å². The van der Waals surface area contributed by atoms with Crippen molar-refractivity contribution in [3.05, 3.63) is 41.6 Å². The predicted molar refractivity (Wildman–Crippen MR) is 120 cm³/mol. The van der Waals surface area contributed by atoms with Crippen LogP contribution < -0.4 is 9.46 Å². The maximum atomic E-state index is 12.9. The van der Waals surface area contributed by atoms with Gasteiger partial charge in [-0.3, -0.25) is 4.98 Å². The molecule has 1 saturated carbocycles. The van der Waals surface area contributed by atoms with Crippen LogP contribution in [0.3, 0.4) is 0 Å². The third-order valence-corrected chi connectivity index (χ3v) is 7.71. The van der Waals surface area contributed by atoms with Gasteiger partial charge in [-0.15, -0.1) is 0 Å². The van der Waals surface area contributed by atoms with Gasteiger partial charge in [0.2, 0.25) is 10.0 Å². The summed E-state index contributed by atoms with van der Waals surface area (Å²) >= 11 is 0. The first-order valence-corrected chi connectivity index (χ1v) is 12.4. The zero-order valence-corrected chi connectivity index (χ0v) is 19.9. The second kappa shape index (κ2) is 9.33. The molecule has 1 aromatic carbocycles. The molecule has 2 heterocycles. The average molecular weight is 529 g/mol. The number of pyridine rings is 1. The fraction of sp³-hybridized carbons (Fsp3) is 0.391. The van der Waals surface area contributed by atoms with Gasteiger partial charge in [0.25, 0.3) is 0 Å². The Labute approximate surface area is 203 Å². The molecule has 36 heavy (non-hydrogen) atoms. The molecule has 192 valence electrons. The number of halogens is 5. The van der Waals surface area contributed by atoms with E-state index in [-0.39, 0.29) is 23.0 Å². The third-order valence-electron chi connectivity index (χ3n) is 6.18. The summed E-state index contributed by atoms with van der Waals surface area (Å²) in [6.07, 6.45) is -1.39. The molecule has 2 aromatic heterocycles. The van der Waals surface area contributed by atoms with E-state index in [9.17, 15) is 35.6 Å². The molecule has 0 radical (unpaired) electrons. The lowest BCUT2D eigenvalue weighted by molar-refractivity contribution is -0.147. The lowest BCUT2D eigenvalue weighted by Gasteiger charge is -2.30. The number of nitrogens with zero attached hydrogens (tertiary/aromatic N) is 3. The monoisotopic (exact) mass is 528 g/mol. The number of fused-ring (bicyclic) bond motifs is 1. The van der Waals surface area contributed by atoms with Crippen molar-refractivity contribution in [3.63, 3.8) is 0 Å². The summed E-state index contributed by atoms with van der Waals surface area (Å²) in [6.45, 7) is -0.775. The fourth-order valence-electron chi connectivity index (χ4n) is 4.10. The Hall–Kier alpha value is -3.24. The van der Waals surface area contributed by atoms with Gasteiger partial charge in [-0.05, 0) is 56.9 Å². The highest BCUT2D eigenvalue weighted by molar-refractivity contribution is 7.89. The fourth-order valence-corrected chi connectivity index (χ4v) is 5.28. The largest absolute Gasteiger partial charge is 0.434 e. The highest BCUT2D eigenvalue weighted by Gasteiger charge is 2.39. The van der Waals surface area contributed by atoms with E-state index in [2.05, 4.69) is 15.8 Å². The van der Waals surface area contributed by atoms with Crippen molar-refractivity contribution in [1.82, 2.24) is 14.3 Å². The van der Waals surface area contributed by atoms with Crippen molar-refractivity contribution in [2.24, 2.45) is 0 Å². The minimum atomic E-state index is -4.77. The molecule has 4 rings (SSSR count). The molecule has 0 aliphatic heterocycles. The minimum absolute atomic E-state index is 0.0362. The number of aromatic nitrogens is 2. The normalized spacial score (nSPS) is 15.6. The molecule has 13 heteroatoms. The zero-order valence-electron chi connectivity index (χ0n) is 19.1. The molecule has 1 N–H and O–H groups in total. The lowest BCUT2D eigenvalue weighted by atomic mass is 9.92. The number of rotatable bonds is 7. The van der Waals surface area contributed by atoms with E-state index < -0.39 is 33.7 Å². The SMILES string of the molecule is Cc1cc2c(C#N)c(-c3ccc(S(=O)(=O)N[C@H](C)C(F)(F)F)cn3)n(C3CCC3)c2cc1OC(F)F. The first kappa shape index (κ1) is 25.8. The zero-order chi connectivity index (χ0) is 26.4. The summed E-state index contributed by atoms with van der Waals surface area (Å²) in [4.78, 5) is 3.68. The molecule has 1 fully saturated rings. The van der Waals surface area contributed by atoms with Crippen molar-refractivity contribution in [2.45, 2.75) is 62.9 Å². The van der Waals surface area contributed by atoms with Gasteiger partial charge in [0, 0.05) is 23.7 Å². The summed E-state index contributed by atoms with van der Waals surface area (Å²) < 4.78 is 97.2. The molecule has 0 spiro atoms. The topological polar surface area (TPSA) is 97.0 Å². The van der Waals surface area contributed by atoms with Gasteiger partial charge >= 0.3 is 12.8 Å². The highest BCUT2D eigenvalue weighted by Crippen LogP contribution is 2.43. The maximum absolute atomic E-state index is 12.9. The summed E-state index contributed by atoms with van der Waals surface area (Å²) in [5, 5.41) is 10.5. The number of benzene rings is 1. The molecule has 1 aliphatic rings. The van der Waals surface area contributed by atoms with E-state index in [1.165, 1.54) is 12.1 Å². The van der Waals surface area contributed by atoms with Crippen LogP contribution in [0.15, 0.2) is 35.4 Å². The van der Waals surface area contributed by atoms with Crippen LogP contribution in [0.5, 0.6) is 5.75 Å². The van der Waals surface area contributed by atoms with E-state index in [1.807, 2.05) is 4.57 Å². The number of sulfonamides is 1. The average Bonchev–Trinajstić information content (AvgIpc) is 3.04. The molecule has 0 saturated heterocycles. The number of alkyl halides is 5. The summed E-state index contributed by atoms with van der Waals surface area (Å²) in [5.74, 6) is -0.0362. The first-order chi connectivity index (χ1) is 16.8. The summed E-state index contributed by atoms with van der Waals surface area (Å²) in [5.41, 5.74) is 1.69. The first-order valence-electron chi connectivity index (χ1n) is 10.9. The van der Waals surface area contributed by atoms with Crippen molar-refractivity contribution >= 4 is 20.9 Å². The third kappa shape index (κ3) is 4.75. The molecular formula is C23H21F5N4O3S. The number of nitrogens with one attached hydrogen (secondary N) is 1. The smallest absolute Gasteiger partial charge is 0.404 e. The number of nitriles is 1. The maximum Gasteiger partial charge on any atom is 0.404 e. The number of ether oxygens (including phenoxy) is 1. The predicted octanol–water partition coefficient (Wildman–Crippen LogP) is 5.44. The van der Waals surface area contributed by atoms with E-state index in [0.717, 1.165) is 31.5 Å². The molecular weight excluding hydrogens is 507 g/mol. The van der Waals surface area contributed by atoms with E-state index in [4.69, 9.17) is 0 Å². The number of hydrogen-bond acceptors (Lipinski definition) is 5. The van der Waals surface area contributed by atoms with Gasteiger partial charge < -0.3 is 9.30 Å². The lowest BCUT2D eigenvalue weighted by Crippen LogP contribution is -2.42. The second-order valence-corrected chi connectivity index (χ2v) is 10.3. The second-order valence-electron chi connectivity index (χ2n) is 8.57. The van der Waals surface area contributed by atoms with E-state index in [1.54, 1.807) is 17.7 Å². The van der Waals surface area contributed by atoms with Crippen molar-refractivity contribution in [3.8, 4) is 23.2 Å². The van der Waals surface area contributed by atoms with E-state index >= 15 is 0 Å². The summed E-state index contributed by atoms with van der Waals surface area (Å²) in [6, 6.07) is 5.21. The molecule has 0 bridgehead atoms. The molecule has 0 unspecified atom stereocenters. The number of hydrogen-bond donors (Lipinski definition) is 1. The standard InChI is InChI=1S/C23H21F5N4O3S/c1-12-8-16-17(10-29)21(32(14-4-3-5-14)19(16)9-20(12)35-22(24)25)18-7-6-15(11-30-18)36(33,34)31-13(2)23(26,27)28/h6-9,11,13-14,22,31H,3-5H2,1-2H3/t13-/m1/s1. The van der Waals surface area contributed by atoms with Crippen LogP contribution in [0.1, 0.15) is 43.4 Å². The Bertz CT molecular complexity index is 1440. The Kier molecular flexibility index (Phi) is 6.70. The van der Waals surface area contributed by atoms with Gasteiger partial charge in [0.15, 0.2) is 0 Å². The minimum Gasteiger partial charge on any atom is -0.434 e. The van der Waals surface area contributed by atoms with Gasteiger partial charge in [-0.1, -0.05) is 0 Å². The van der Waals surface area contributed by atoms with Crippen LogP contribution in [0.4, 0.5) is 22.0 Å². The van der Waals surface area contributed by atoms with Gasteiger partial charge in [-0.25, -0.2) is 8.42 Å². The van der Waals surface area contributed by atoms with Gasteiger partial charge in [0.1, 0.15) is 22.8 Å². The van der Waals surface area contributed by atoms with Crippen molar-refractivity contribution in [1.29, 1.82) is 5.26 Å². The quantitative estimate of drug-likeness (QED) is 0.412.